The Morgan fingerprint density at radius 3 is 2.82 bits per heavy atom. The fourth-order valence-corrected chi connectivity index (χ4v) is 4.11. The largest absolute Gasteiger partial charge is 0.491 e. The van der Waals surface area contributed by atoms with Crippen molar-refractivity contribution in [3.05, 3.63) is 48.6 Å². The molecule has 1 aliphatic carbocycles. The molecule has 0 radical (unpaired) electrons. The molecule has 1 saturated carbocycles. The first-order chi connectivity index (χ1) is 13.4. The number of nitrogens with one attached hydrogen (secondary N) is 2. The maximum atomic E-state index is 6.85. The van der Waals surface area contributed by atoms with Gasteiger partial charge in [0.1, 0.15) is 11.4 Å². The second-order valence-electron chi connectivity index (χ2n) is 8.15. The Balaban J connectivity index is 1.61. The summed E-state index contributed by atoms with van der Waals surface area (Å²) in [6, 6.07) is 8.24. The highest BCUT2D eigenvalue weighted by Gasteiger charge is 2.39. The number of anilines is 1. The molecule has 0 spiro atoms. The van der Waals surface area contributed by atoms with Gasteiger partial charge in [0.25, 0.3) is 0 Å². The Labute approximate surface area is 166 Å². The molecular formula is C21H30N6O. The van der Waals surface area contributed by atoms with Crippen molar-refractivity contribution in [3.63, 3.8) is 0 Å². The first-order valence-corrected chi connectivity index (χ1v) is 10.1. The van der Waals surface area contributed by atoms with Crippen LogP contribution in [0.4, 0.5) is 5.69 Å². The van der Waals surface area contributed by atoms with Crippen LogP contribution in [0, 0.1) is 5.92 Å². The van der Waals surface area contributed by atoms with Gasteiger partial charge in [-0.2, -0.15) is 0 Å². The summed E-state index contributed by atoms with van der Waals surface area (Å²) in [6.07, 6.45) is 9.92. The Kier molecular flexibility index (Phi) is 5.03. The average Bonchev–Trinajstić information content (AvgIpc) is 3.10. The minimum atomic E-state index is -0.651. The lowest BCUT2D eigenvalue weighted by Gasteiger charge is -2.42. The first-order valence-electron chi connectivity index (χ1n) is 10.1. The smallest absolute Gasteiger partial charge is 0.174 e. The van der Waals surface area contributed by atoms with E-state index < -0.39 is 5.66 Å². The summed E-state index contributed by atoms with van der Waals surface area (Å²) in [7, 11) is 0. The van der Waals surface area contributed by atoms with Gasteiger partial charge < -0.3 is 26.9 Å². The molecule has 0 saturated heterocycles. The number of imidazole rings is 1. The van der Waals surface area contributed by atoms with Gasteiger partial charge in [0.15, 0.2) is 5.82 Å². The zero-order valence-corrected chi connectivity index (χ0v) is 16.6. The molecule has 28 heavy (non-hydrogen) atoms. The molecule has 1 aromatic heterocycles. The predicted octanol–water partition coefficient (Wildman–Crippen LogP) is 2.85. The van der Waals surface area contributed by atoms with Crippen molar-refractivity contribution in [1.82, 2.24) is 9.66 Å². The van der Waals surface area contributed by atoms with E-state index in [0.29, 0.717) is 5.92 Å². The first kappa shape index (κ1) is 18.8. The number of hydrogen-bond acceptors (Lipinski definition) is 6. The molecule has 2 aliphatic rings. The summed E-state index contributed by atoms with van der Waals surface area (Å²) in [5.41, 5.74) is 17.6. The topological polar surface area (TPSA) is 103 Å². The molecule has 1 unspecified atom stereocenters. The number of hydrogen-bond donors (Lipinski definition) is 4. The number of fused-ring (bicyclic) bond motifs is 1. The zero-order chi connectivity index (χ0) is 19.7. The SMILES string of the molecule is CC(C)Oc1cccc(NC2=CC(N)(C3CCC(N)CC3)Nn3ccnc32)c1. The monoisotopic (exact) mass is 382 g/mol. The summed E-state index contributed by atoms with van der Waals surface area (Å²) in [6.45, 7) is 4.04. The Bertz CT molecular complexity index is 852. The minimum absolute atomic E-state index is 0.126. The van der Waals surface area contributed by atoms with E-state index in [2.05, 4.69) is 21.8 Å². The van der Waals surface area contributed by atoms with E-state index in [9.17, 15) is 0 Å². The zero-order valence-electron chi connectivity index (χ0n) is 16.6. The minimum Gasteiger partial charge on any atom is -0.491 e. The maximum Gasteiger partial charge on any atom is 0.174 e. The molecule has 150 valence electrons. The van der Waals surface area contributed by atoms with Gasteiger partial charge >= 0.3 is 0 Å². The van der Waals surface area contributed by atoms with Crippen LogP contribution >= 0.6 is 0 Å². The lowest BCUT2D eigenvalue weighted by molar-refractivity contribution is 0.239. The Morgan fingerprint density at radius 1 is 1.29 bits per heavy atom. The number of aromatic nitrogens is 2. The second kappa shape index (κ2) is 7.48. The van der Waals surface area contributed by atoms with Gasteiger partial charge in [-0.3, -0.25) is 0 Å². The molecule has 7 heteroatoms. The summed E-state index contributed by atoms with van der Waals surface area (Å²) in [4.78, 5) is 4.49. The van der Waals surface area contributed by atoms with E-state index in [-0.39, 0.29) is 12.1 Å². The van der Waals surface area contributed by atoms with Crippen LogP contribution in [-0.4, -0.2) is 27.5 Å². The summed E-state index contributed by atoms with van der Waals surface area (Å²) >= 11 is 0. The third-order valence-corrected chi connectivity index (χ3v) is 5.51. The Hall–Kier alpha value is -2.51. The predicted molar refractivity (Wildman–Crippen MR) is 112 cm³/mol. The van der Waals surface area contributed by atoms with Crippen LogP contribution in [0.15, 0.2) is 42.7 Å². The van der Waals surface area contributed by atoms with Gasteiger partial charge in [-0.15, -0.1) is 0 Å². The normalized spacial score (nSPS) is 27.0. The van der Waals surface area contributed by atoms with Crippen LogP contribution in [0.1, 0.15) is 45.4 Å². The summed E-state index contributed by atoms with van der Waals surface area (Å²) in [5.74, 6) is 1.96. The fraction of sp³-hybridized carbons (Fsp3) is 0.476. The summed E-state index contributed by atoms with van der Waals surface area (Å²) in [5, 5.41) is 3.49. The van der Waals surface area contributed by atoms with Crippen LogP contribution in [0.3, 0.4) is 0 Å². The van der Waals surface area contributed by atoms with E-state index in [1.807, 2.05) is 49.0 Å². The molecular weight excluding hydrogens is 352 g/mol. The number of nitrogens with zero attached hydrogens (tertiary/aromatic N) is 2. The van der Waals surface area contributed by atoms with Gasteiger partial charge in [-0.1, -0.05) is 6.07 Å². The standard InChI is InChI=1S/C21H30N6O/c1-14(2)28-18-5-3-4-17(12-18)25-19-13-21(23,15-6-8-16(22)9-7-15)26-27-11-10-24-20(19)27/h3-5,10-16,25-26H,6-9,22-23H2,1-2H3. The number of benzene rings is 1. The van der Waals surface area contributed by atoms with E-state index in [4.69, 9.17) is 16.2 Å². The van der Waals surface area contributed by atoms with Gasteiger partial charge in [0.05, 0.1) is 11.8 Å². The lowest BCUT2D eigenvalue weighted by Crippen LogP contribution is -2.58. The molecule has 4 rings (SSSR count). The highest BCUT2D eigenvalue weighted by Crippen LogP contribution is 2.35. The third kappa shape index (κ3) is 3.86. The molecule has 2 aromatic rings. The quantitative estimate of drug-likeness (QED) is 0.634. The number of ether oxygens (including phenoxy) is 1. The molecule has 2 heterocycles. The van der Waals surface area contributed by atoms with Crippen molar-refractivity contribution in [1.29, 1.82) is 0 Å². The van der Waals surface area contributed by atoms with Crippen LogP contribution in [-0.2, 0) is 0 Å². The van der Waals surface area contributed by atoms with Crippen LogP contribution in [0.25, 0.3) is 5.70 Å². The van der Waals surface area contributed by atoms with Gasteiger partial charge in [-0.25, -0.2) is 9.66 Å². The number of nitrogens with two attached hydrogens (primary N) is 2. The number of rotatable bonds is 5. The van der Waals surface area contributed by atoms with Crippen LogP contribution < -0.4 is 26.9 Å². The maximum absolute atomic E-state index is 6.85. The second-order valence-corrected chi connectivity index (χ2v) is 8.15. The fourth-order valence-electron chi connectivity index (χ4n) is 4.11. The van der Waals surface area contributed by atoms with Gasteiger partial charge in [0, 0.05) is 36.1 Å². The van der Waals surface area contributed by atoms with Crippen LogP contribution in [0.2, 0.25) is 0 Å². The van der Waals surface area contributed by atoms with Crippen molar-refractivity contribution >= 4 is 11.4 Å². The van der Waals surface area contributed by atoms with Crippen LogP contribution in [0.5, 0.6) is 5.75 Å². The third-order valence-electron chi connectivity index (χ3n) is 5.51. The molecule has 6 N–H and O–H groups in total. The van der Waals surface area contributed by atoms with Crippen molar-refractivity contribution in [3.8, 4) is 5.75 Å². The molecule has 0 amide bonds. The van der Waals surface area contributed by atoms with Crippen molar-refractivity contribution < 1.29 is 4.74 Å². The average molecular weight is 383 g/mol. The van der Waals surface area contributed by atoms with E-state index in [0.717, 1.165) is 48.6 Å². The van der Waals surface area contributed by atoms with E-state index >= 15 is 0 Å². The summed E-state index contributed by atoms with van der Waals surface area (Å²) < 4.78 is 7.72. The van der Waals surface area contributed by atoms with Crippen molar-refractivity contribution in [2.75, 3.05) is 10.7 Å². The lowest BCUT2D eigenvalue weighted by atomic mass is 9.78. The molecule has 1 fully saturated rings. The highest BCUT2D eigenvalue weighted by atomic mass is 16.5. The highest BCUT2D eigenvalue weighted by molar-refractivity contribution is 5.76. The molecule has 1 aliphatic heterocycles. The van der Waals surface area contributed by atoms with Gasteiger partial charge in [0.2, 0.25) is 0 Å². The van der Waals surface area contributed by atoms with E-state index in [1.54, 1.807) is 6.20 Å². The van der Waals surface area contributed by atoms with E-state index in [1.165, 1.54) is 0 Å². The molecule has 1 atom stereocenters. The van der Waals surface area contributed by atoms with Crippen molar-refractivity contribution in [2.45, 2.75) is 57.3 Å². The van der Waals surface area contributed by atoms with Gasteiger partial charge in [-0.05, 0) is 57.7 Å². The Morgan fingerprint density at radius 2 is 2.07 bits per heavy atom. The molecule has 1 aromatic carbocycles. The van der Waals surface area contributed by atoms with Crippen molar-refractivity contribution in [2.24, 2.45) is 17.4 Å². The molecule has 7 nitrogen and oxygen atoms in total. The molecule has 0 bridgehead atoms.